The van der Waals surface area contributed by atoms with Crippen LogP contribution in [0, 0.1) is 0 Å². The van der Waals surface area contributed by atoms with Crippen LogP contribution in [-0.2, 0) is 9.59 Å². The Labute approximate surface area is 201 Å². The van der Waals surface area contributed by atoms with Crippen LogP contribution in [0.5, 0.6) is 0 Å². The summed E-state index contributed by atoms with van der Waals surface area (Å²) in [6, 6.07) is 5.92. The van der Waals surface area contributed by atoms with Gasteiger partial charge in [0.1, 0.15) is 6.29 Å². The van der Waals surface area contributed by atoms with E-state index in [0.29, 0.717) is 23.1 Å². The molecule has 186 valence electrons. The Morgan fingerprint density at radius 2 is 1.91 bits per heavy atom. The Morgan fingerprint density at radius 3 is 2.56 bits per heavy atom. The molecule has 0 bridgehead atoms. The van der Waals surface area contributed by atoms with Gasteiger partial charge in [0.05, 0.1) is 11.6 Å². The van der Waals surface area contributed by atoms with Gasteiger partial charge in [-0.15, -0.1) is 0 Å². The van der Waals surface area contributed by atoms with Gasteiger partial charge < -0.3 is 24.3 Å². The predicted molar refractivity (Wildman–Crippen MR) is 132 cm³/mol. The topological polar surface area (TPSA) is 87.8 Å². The van der Waals surface area contributed by atoms with E-state index in [4.69, 9.17) is 4.42 Å². The number of fused-ring (bicyclic) bond motifs is 1. The van der Waals surface area contributed by atoms with Crippen LogP contribution in [-0.4, -0.2) is 72.4 Å². The van der Waals surface area contributed by atoms with Crippen molar-refractivity contribution in [3.05, 3.63) is 34.3 Å². The van der Waals surface area contributed by atoms with Crippen LogP contribution in [0.15, 0.2) is 27.4 Å². The third-order valence-corrected chi connectivity index (χ3v) is 7.69. The van der Waals surface area contributed by atoms with E-state index >= 15 is 0 Å². The van der Waals surface area contributed by atoms with Crippen LogP contribution in [0.2, 0.25) is 0 Å². The van der Waals surface area contributed by atoms with Crippen molar-refractivity contribution in [3.63, 3.8) is 0 Å². The van der Waals surface area contributed by atoms with Crippen LogP contribution in [0.25, 0.3) is 11.1 Å². The van der Waals surface area contributed by atoms with Gasteiger partial charge in [0.2, 0.25) is 5.91 Å². The molecule has 34 heavy (non-hydrogen) atoms. The molecule has 0 saturated carbocycles. The van der Waals surface area contributed by atoms with Gasteiger partial charge in [-0.3, -0.25) is 9.36 Å². The minimum absolute atomic E-state index is 0.159. The highest BCUT2D eigenvalue weighted by Crippen LogP contribution is 2.32. The van der Waals surface area contributed by atoms with Gasteiger partial charge >= 0.3 is 5.76 Å². The molecule has 8 nitrogen and oxygen atoms in total. The van der Waals surface area contributed by atoms with E-state index in [0.717, 1.165) is 32.2 Å². The second-order valence-corrected chi connectivity index (χ2v) is 9.76. The summed E-state index contributed by atoms with van der Waals surface area (Å²) in [5, 5.41) is 2.54. The third kappa shape index (κ3) is 5.44. The fourth-order valence-corrected chi connectivity index (χ4v) is 5.71. The van der Waals surface area contributed by atoms with Gasteiger partial charge in [-0.1, -0.05) is 13.0 Å². The fraction of sp³-hybridized carbons (Fsp3) is 0.654. The number of nitrogens with zero attached hydrogens (tertiary/aromatic N) is 3. The highest BCUT2D eigenvalue weighted by atomic mass is 16.4. The van der Waals surface area contributed by atoms with Crippen molar-refractivity contribution < 1.29 is 14.0 Å². The van der Waals surface area contributed by atoms with Gasteiger partial charge in [0.25, 0.3) is 0 Å². The number of hydrogen-bond acceptors (Lipinski definition) is 6. The largest absolute Gasteiger partial charge is 0.420 e. The molecule has 1 unspecified atom stereocenters. The molecular formula is C26H38N4O4. The number of aromatic nitrogens is 1. The summed E-state index contributed by atoms with van der Waals surface area (Å²) in [5.41, 5.74) is 2.32. The van der Waals surface area contributed by atoms with Gasteiger partial charge in [0, 0.05) is 19.5 Å². The zero-order valence-electron chi connectivity index (χ0n) is 20.5. The lowest BCUT2D eigenvalue weighted by Crippen LogP contribution is -2.47. The number of oxazole rings is 1. The molecule has 8 heteroatoms. The summed E-state index contributed by atoms with van der Waals surface area (Å²) in [6.45, 7) is 8.13. The van der Waals surface area contributed by atoms with E-state index in [1.165, 1.54) is 49.0 Å². The molecule has 2 aliphatic heterocycles. The second-order valence-electron chi connectivity index (χ2n) is 9.76. The number of nitrogens with one attached hydrogen (secondary N) is 1. The molecule has 4 rings (SSSR count). The Bertz CT molecular complexity index is 1030. The molecule has 2 saturated heterocycles. The van der Waals surface area contributed by atoms with Crippen LogP contribution in [0.4, 0.5) is 0 Å². The van der Waals surface area contributed by atoms with Crippen molar-refractivity contribution >= 4 is 23.3 Å². The number of rotatable bonds is 9. The number of likely N-dealkylation sites (tertiary alicyclic amines) is 2. The summed E-state index contributed by atoms with van der Waals surface area (Å²) in [4.78, 5) is 41.1. The van der Waals surface area contributed by atoms with E-state index in [9.17, 15) is 14.4 Å². The highest BCUT2D eigenvalue weighted by molar-refractivity contribution is 5.77. The third-order valence-electron chi connectivity index (χ3n) is 7.69. The Hall–Kier alpha value is -2.45. The van der Waals surface area contributed by atoms with Crippen LogP contribution in [0.1, 0.15) is 69.4 Å². The Morgan fingerprint density at radius 1 is 1.18 bits per heavy atom. The summed E-state index contributed by atoms with van der Waals surface area (Å²) in [5.74, 6) is -0.261. The average molecular weight is 471 g/mol. The fourth-order valence-electron chi connectivity index (χ4n) is 5.71. The zero-order valence-corrected chi connectivity index (χ0v) is 20.5. The molecule has 1 amide bonds. The van der Waals surface area contributed by atoms with Crippen molar-refractivity contribution in [2.45, 2.75) is 69.9 Å². The van der Waals surface area contributed by atoms with Crippen molar-refractivity contribution in [1.82, 2.24) is 19.7 Å². The molecule has 0 aliphatic carbocycles. The molecule has 1 atom stereocenters. The Kier molecular flexibility index (Phi) is 8.21. The molecule has 1 N–H and O–H groups in total. The van der Waals surface area contributed by atoms with Crippen molar-refractivity contribution in [2.75, 3.05) is 39.8 Å². The molecule has 3 heterocycles. The summed E-state index contributed by atoms with van der Waals surface area (Å²) in [7, 11) is 1.56. The average Bonchev–Trinajstić information content (AvgIpc) is 3.20. The first-order chi connectivity index (χ1) is 16.5. The lowest BCUT2D eigenvalue weighted by Gasteiger charge is -2.42. The maximum Gasteiger partial charge on any atom is 0.420 e. The van der Waals surface area contributed by atoms with E-state index in [1.54, 1.807) is 7.05 Å². The SMILES string of the molecule is CCCN1CCC(N2CCC(c3ccc4c(c3)oc(=O)n4C(C=O)CCC(=O)NC)CC2)CC1. The highest BCUT2D eigenvalue weighted by Gasteiger charge is 2.29. The first-order valence-corrected chi connectivity index (χ1v) is 12.8. The maximum atomic E-state index is 12.5. The quantitative estimate of drug-likeness (QED) is 0.567. The minimum atomic E-state index is -0.719. The van der Waals surface area contributed by atoms with Crippen molar-refractivity contribution in [3.8, 4) is 0 Å². The Balaban J connectivity index is 1.40. The first kappa shape index (κ1) is 24.7. The number of amides is 1. The summed E-state index contributed by atoms with van der Waals surface area (Å²) < 4.78 is 6.90. The van der Waals surface area contributed by atoms with E-state index < -0.39 is 11.8 Å². The smallest absolute Gasteiger partial charge is 0.408 e. The van der Waals surface area contributed by atoms with Gasteiger partial charge in [0.15, 0.2) is 5.58 Å². The molecule has 2 fully saturated rings. The van der Waals surface area contributed by atoms with Crippen LogP contribution in [0.3, 0.4) is 0 Å². The second kappa shape index (κ2) is 11.3. The monoisotopic (exact) mass is 470 g/mol. The van der Waals surface area contributed by atoms with Gasteiger partial charge in [-0.05, 0) is 94.9 Å². The minimum Gasteiger partial charge on any atom is -0.408 e. The van der Waals surface area contributed by atoms with Crippen molar-refractivity contribution in [1.29, 1.82) is 0 Å². The number of aldehydes is 1. The molecule has 2 aliphatic rings. The summed E-state index contributed by atoms with van der Waals surface area (Å²) >= 11 is 0. The molecule has 0 radical (unpaired) electrons. The van der Waals surface area contributed by atoms with E-state index in [2.05, 4.69) is 28.1 Å². The standard InChI is InChI=1S/C26H38N4O4/c1-3-12-28-13-10-21(11-14-28)29-15-8-19(9-16-29)20-4-6-23-24(17-20)34-26(33)30(23)22(18-31)5-7-25(32)27-2/h4,6,17-19,21-22H,3,5,7-16H2,1-2H3,(H,27,32). The lowest BCUT2D eigenvalue weighted by molar-refractivity contribution is -0.121. The number of benzene rings is 1. The van der Waals surface area contributed by atoms with Crippen LogP contribution >= 0.6 is 0 Å². The predicted octanol–water partition coefficient (Wildman–Crippen LogP) is 2.91. The summed E-state index contributed by atoms with van der Waals surface area (Å²) in [6.07, 6.45) is 7.14. The number of carbonyl (C=O) groups excluding carboxylic acids is 2. The number of piperidine rings is 2. The number of hydrogen-bond donors (Lipinski definition) is 1. The van der Waals surface area contributed by atoms with Crippen LogP contribution < -0.4 is 11.1 Å². The molecule has 2 aromatic rings. The van der Waals surface area contributed by atoms with E-state index in [1.807, 2.05) is 12.1 Å². The van der Waals surface area contributed by atoms with Gasteiger partial charge in [-0.25, -0.2) is 4.79 Å². The number of carbonyl (C=O) groups is 2. The van der Waals surface area contributed by atoms with E-state index in [-0.39, 0.29) is 18.7 Å². The van der Waals surface area contributed by atoms with Gasteiger partial charge in [-0.2, -0.15) is 0 Å². The molecular weight excluding hydrogens is 432 g/mol. The molecule has 1 aromatic heterocycles. The van der Waals surface area contributed by atoms with Crippen molar-refractivity contribution in [2.24, 2.45) is 0 Å². The normalized spacial score (nSPS) is 19.9. The molecule has 0 spiro atoms. The lowest BCUT2D eigenvalue weighted by atomic mass is 9.88. The zero-order chi connectivity index (χ0) is 24.1. The first-order valence-electron chi connectivity index (χ1n) is 12.8. The maximum absolute atomic E-state index is 12.5. The molecule has 1 aromatic carbocycles.